The summed E-state index contributed by atoms with van der Waals surface area (Å²) in [5.74, 6) is 0.0680. The number of piperidine rings is 1. The number of nitrogens with one attached hydrogen (secondary N) is 2. The molecule has 0 saturated carbocycles. The van der Waals surface area contributed by atoms with Crippen LogP contribution in [-0.4, -0.2) is 47.5 Å². The summed E-state index contributed by atoms with van der Waals surface area (Å²) in [4.78, 5) is 34.8. The summed E-state index contributed by atoms with van der Waals surface area (Å²) in [6, 6.07) is 8.50. The molecule has 0 bridgehead atoms. The quantitative estimate of drug-likeness (QED) is 0.832. The standard InChI is InChI=1S/C18H20ClN5O2/c19-15-7-2-1-6-14(15)17(26)22-11-16(25)23-13-5-3-10-24(12-13)18-20-8-4-9-21-18/h1-2,4,6-9,13H,3,5,10-12H2,(H,22,26)(H,23,25)/t13-/m1/s1. The van der Waals surface area contributed by atoms with Crippen LogP contribution in [0, 0.1) is 0 Å². The van der Waals surface area contributed by atoms with Gasteiger partial charge in [-0.15, -0.1) is 0 Å². The van der Waals surface area contributed by atoms with Gasteiger partial charge in [-0.2, -0.15) is 0 Å². The minimum Gasteiger partial charge on any atom is -0.350 e. The van der Waals surface area contributed by atoms with Crippen molar-refractivity contribution < 1.29 is 9.59 Å². The normalized spacial score (nSPS) is 16.8. The maximum Gasteiger partial charge on any atom is 0.253 e. The van der Waals surface area contributed by atoms with Gasteiger partial charge in [-0.05, 0) is 31.0 Å². The lowest BCUT2D eigenvalue weighted by Gasteiger charge is -2.33. The molecule has 1 atom stereocenters. The Morgan fingerprint density at radius 3 is 2.73 bits per heavy atom. The number of carbonyl (C=O) groups is 2. The number of nitrogens with zero attached hydrogens (tertiary/aromatic N) is 3. The second-order valence-corrected chi connectivity index (χ2v) is 6.47. The van der Waals surface area contributed by atoms with Crippen molar-refractivity contribution in [3.8, 4) is 0 Å². The fourth-order valence-corrected chi connectivity index (χ4v) is 3.13. The summed E-state index contributed by atoms with van der Waals surface area (Å²) in [6.07, 6.45) is 5.23. The molecule has 3 rings (SSSR count). The van der Waals surface area contributed by atoms with Gasteiger partial charge in [-0.25, -0.2) is 9.97 Å². The highest BCUT2D eigenvalue weighted by Crippen LogP contribution is 2.16. The van der Waals surface area contributed by atoms with Crippen molar-refractivity contribution in [2.24, 2.45) is 0 Å². The van der Waals surface area contributed by atoms with Crippen LogP contribution in [0.15, 0.2) is 42.7 Å². The minimum absolute atomic E-state index is 0.00253. The Balaban J connectivity index is 1.49. The first-order valence-corrected chi connectivity index (χ1v) is 8.85. The Hall–Kier alpha value is -2.67. The molecule has 8 heteroatoms. The first kappa shape index (κ1) is 18.1. The molecule has 1 fully saturated rings. The molecule has 0 unspecified atom stereocenters. The monoisotopic (exact) mass is 373 g/mol. The summed E-state index contributed by atoms with van der Waals surface area (Å²) in [5.41, 5.74) is 0.354. The SMILES string of the molecule is O=C(CNC(=O)c1ccccc1Cl)N[C@@H]1CCCN(c2ncccn2)C1. The summed E-state index contributed by atoms with van der Waals surface area (Å²) < 4.78 is 0. The van der Waals surface area contributed by atoms with Crippen LogP contribution in [0.1, 0.15) is 23.2 Å². The lowest BCUT2D eigenvalue weighted by molar-refractivity contribution is -0.120. The number of anilines is 1. The van der Waals surface area contributed by atoms with Gasteiger partial charge in [0.05, 0.1) is 17.1 Å². The summed E-state index contributed by atoms with van der Waals surface area (Å²) in [6.45, 7) is 1.41. The van der Waals surface area contributed by atoms with Crippen LogP contribution < -0.4 is 15.5 Å². The number of carbonyl (C=O) groups excluding carboxylic acids is 2. The van der Waals surface area contributed by atoms with Gasteiger partial charge < -0.3 is 15.5 Å². The summed E-state index contributed by atoms with van der Waals surface area (Å²) in [5, 5.41) is 5.91. The Morgan fingerprint density at radius 2 is 1.96 bits per heavy atom. The smallest absolute Gasteiger partial charge is 0.253 e. The lowest BCUT2D eigenvalue weighted by atomic mass is 10.1. The fraction of sp³-hybridized carbons (Fsp3) is 0.333. The van der Waals surface area contributed by atoms with Gasteiger partial charge in [0.25, 0.3) is 5.91 Å². The molecule has 1 aromatic carbocycles. The highest BCUT2D eigenvalue weighted by molar-refractivity contribution is 6.33. The van der Waals surface area contributed by atoms with Crippen molar-refractivity contribution in [2.45, 2.75) is 18.9 Å². The second-order valence-electron chi connectivity index (χ2n) is 6.06. The number of halogens is 1. The highest BCUT2D eigenvalue weighted by Gasteiger charge is 2.23. The van der Waals surface area contributed by atoms with E-state index in [0.717, 1.165) is 19.4 Å². The second kappa shape index (κ2) is 8.62. The average molecular weight is 374 g/mol. The largest absolute Gasteiger partial charge is 0.350 e. The summed E-state index contributed by atoms with van der Waals surface area (Å²) >= 11 is 5.99. The van der Waals surface area contributed by atoms with Gasteiger partial charge in [0, 0.05) is 31.5 Å². The molecule has 0 radical (unpaired) electrons. The molecule has 2 N–H and O–H groups in total. The van der Waals surface area contributed by atoms with Crippen LogP contribution in [0.3, 0.4) is 0 Å². The van der Waals surface area contributed by atoms with Gasteiger partial charge in [-0.3, -0.25) is 9.59 Å². The van der Waals surface area contributed by atoms with Crippen molar-refractivity contribution in [1.82, 2.24) is 20.6 Å². The summed E-state index contributed by atoms with van der Waals surface area (Å²) in [7, 11) is 0. The van der Waals surface area contributed by atoms with Crippen molar-refractivity contribution in [3.05, 3.63) is 53.3 Å². The number of amides is 2. The van der Waals surface area contributed by atoms with E-state index in [0.29, 0.717) is 23.1 Å². The van der Waals surface area contributed by atoms with Crippen LogP contribution in [0.25, 0.3) is 0 Å². The molecule has 1 aromatic heterocycles. The predicted octanol–water partition coefficient (Wildman–Crippen LogP) is 1.65. The number of benzene rings is 1. The van der Waals surface area contributed by atoms with Crippen molar-refractivity contribution >= 4 is 29.4 Å². The molecule has 26 heavy (non-hydrogen) atoms. The Morgan fingerprint density at radius 1 is 1.19 bits per heavy atom. The minimum atomic E-state index is -0.367. The zero-order valence-corrected chi connectivity index (χ0v) is 14.9. The van der Waals surface area contributed by atoms with E-state index in [-0.39, 0.29) is 24.4 Å². The maximum absolute atomic E-state index is 12.2. The van der Waals surface area contributed by atoms with E-state index in [1.165, 1.54) is 0 Å². The Kier molecular flexibility index (Phi) is 6.01. The van der Waals surface area contributed by atoms with Gasteiger partial charge in [0.2, 0.25) is 11.9 Å². The van der Waals surface area contributed by atoms with E-state index in [2.05, 4.69) is 25.5 Å². The molecular formula is C18H20ClN5O2. The van der Waals surface area contributed by atoms with Crippen molar-refractivity contribution in [3.63, 3.8) is 0 Å². The molecule has 2 heterocycles. The van der Waals surface area contributed by atoms with Gasteiger partial charge in [0.15, 0.2) is 0 Å². The molecule has 0 spiro atoms. The van der Waals surface area contributed by atoms with Gasteiger partial charge in [0.1, 0.15) is 0 Å². The van der Waals surface area contributed by atoms with E-state index in [4.69, 9.17) is 11.6 Å². The van der Waals surface area contributed by atoms with Gasteiger partial charge in [-0.1, -0.05) is 23.7 Å². The molecule has 2 amide bonds. The predicted molar refractivity (Wildman–Crippen MR) is 99.2 cm³/mol. The van der Waals surface area contributed by atoms with E-state index < -0.39 is 0 Å². The van der Waals surface area contributed by atoms with Crippen LogP contribution in [-0.2, 0) is 4.79 Å². The average Bonchev–Trinajstić information content (AvgIpc) is 2.67. The number of hydrogen-bond donors (Lipinski definition) is 2. The van der Waals surface area contributed by atoms with E-state index in [9.17, 15) is 9.59 Å². The van der Waals surface area contributed by atoms with Crippen molar-refractivity contribution in [2.75, 3.05) is 24.5 Å². The van der Waals surface area contributed by atoms with Crippen LogP contribution in [0.5, 0.6) is 0 Å². The molecule has 0 aliphatic carbocycles. The topological polar surface area (TPSA) is 87.2 Å². The molecule has 1 aliphatic rings. The third-order valence-corrected chi connectivity index (χ3v) is 4.48. The Labute approximate surface area is 156 Å². The third kappa shape index (κ3) is 4.70. The van der Waals surface area contributed by atoms with E-state index in [1.54, 1.807) is 42.7 Å². The zero-order valence-electron chi connectivity index (χ0n) is 14.2. The third-order valence-electron chi connectivity index (χ3n) is 4.15. The van der Waals surface area contributed by atoms with Crippen LogP contribution >= 0.6 is 11.6 Å². The zero-order chi connectivity index (χ0) is 18.4. The molecule has 136 valence electrons. The molecule has 7 nitrogen and oxygen atoms in total. The number of hydrogen-bond acceptors (Lipinski definition) is 5. The van der Waals surface area contributed by atoms with Crippen LogP contribution in [0.2, 0.25) is 5.02 Å². The van der Waals surface area contributed by atoms with E-state index in [1.807, 2.05) is 0 Å². The molecule has 1 saturated heterocycles. The maximum atomic E-state index is 12.2. The molecule has 1 aliphatic heterocycles. The first-order valence-electron chi connectivity index (χ1n) is 8.47. The fourth-order valence-electron chi connectivity index (χ4n) is 2.91. The first-order chi connectivity index (χ1) is 12.6. The van der Waals surface area contributed by atoms with Crippen LogP contribution in [0.4, 0.5) is 5.95 Å². The Bertz CT molecular complexity index is 771. The lowest BCUT2D eigenvalue weighted by Crippen LogP contribution is -2.50. The van der Waals surface area contributed by atoms with Gasteiger partial charge >= 0.3 is 0 Å². The van der Waals surface area contributed by atoms with Crippen molar-refractivity contribution in [1.29, 1.82) is 0 Å². The highest BCUT2D eigenvalue weighted by atomic mass is 35.5. The molecular weight excluding hydrogens is 354 g/mol. The number of aromatic nitrogens is 2. The number of rotatable bonds is 5. The van der Waals surface area contributed by atoms with E-state index >= 15 is 0 Å². The molecule has 2 aromatic rings.